The molecule has 1 amide bonds. The monoisotopic (exact) mass is 240 g/mol. The second-order valence-corrected chi connectivity index (χ2v) is 3.18. The summed E-state index contributed by atoms with van der Waals surface area (Å²) in [7, 11) is 3.11. The lowest BCUT2D eigenvalue weighted by Gasteiger charge is -2.06. The fraction of sp³-hybridized carbons (Fsp3) is 0.455. The topological polar surface area (TPSA) is 69.7 Å². The van der Waals surface area contributed by atoms with E-state index in [1.807, 2.05) is 0 Å². The van der Waals surface area contributed by atoms with Gasteiger partial charge in [0.25, 0.3) is 0 Å². The Morgan fingerprint density at radius 2 is 2.18 bits per heavy atom. The Morgan fingerprint density at radius 1 is 1.35 bits per heavy atom. The Bertz CT molecular complexity index is 340. The Kier molecular flexibility index (Phi) is 5.98. The molecule has 0 aromatic carbocycles. The van der Waals surface area contributed by atoms with Gasteiger partial charge in [0.05, 0.1) is 32.2 Å². The number of anilines is 1. The van der Waals surface area contributed by atoms with Gasteiger partial charge in [-0.2, -0.15) is 0 Å². The summed E-state index contributed by atoms with van der Waals surface area (Å²) in [6.45, 7) is 0.859. The summed E-state index contributed by atoms with van der Waals surface area (Å²) in [5.74, 6) is 0.271. The van der Waals surface area contributed by atoms with Crippen molar-refractivity contribution >= 4 is 11.6 Å². The van der Waals surface area contributed by atoms with Crippen LogP contribution in [0.3, 0.4) is 0 Å². The molecule has 6 nitrogen and oxygen atoms in total. The molecular formula is C11H16N2O4. The summed E-state index contributed by atoms with van der Waals surface area (Å²) in [6.07, 6.45) is 1.52. The van der Waals surface area contributed by atoms with Crippen molar-refractivity contribution in [1.82, 2.24) is 4.98 Å². The van der Waals surface area contributed by atoms with Crippen molar-refractivity contribution in [2.75, 3.05) is 39.4 Å². The van der Waals surface area contributed by atoms with E-state index in [0.29, 0.717) is 24.8 Å². The molecule has 0 aliphatic rings. The van der Waals surface area contributed by atoms with Crippen molar-refractivity contribution in [2.45, 2.75) is 0 Å². The largest absolute Gasteiger partial charge is 0.481 e. The molecule has 94 valence electrons. The number of ether oxygens (including phenoxy) is 3. The predicted molar refractivity (Wildman–Crippen MR) is 62.1 cm³/mol. The van der Waals surface area contributed by atoms with Gasteiger partial charge >= 0.3 is 0 Å². The summed E-state index contributed by atoms with van der Waals surface area (Å²) >= 11 is 0. The van der Waals surface area contributed by atoms with Crippen LogP contribution in [0.5, 0.6) is 5.88 Å². The first-order valence-electron chi connectivity index (χ1n) is 5.13. The molecule has 0 saturated heterocycles. The maximum Gasteiger partial charge on any atom is 0.250 e. The second kappa shape index (κ2) is 7.59. The van der Waals surface area contributed by atoms with E-state index < -0.39 is 0 Å². The average Bonchev–Trinajstić information content (AvgIpc) is 2.36. The lowest BCUT2D eigenvalue weighted by molar-refractivity contribution is -0.121. The molecule has 0 bridgehead atoms. The highest BCUT2D eigenvalue weighted by Crippen LogP contribution is 2.10. The Hall–Kier alpha value is -1.66. The van der Waals surface area contributed by atoms with E-state index in [2.05, 4.69) is 10.3 Å². The number of pyridine rings is 1. The van der Waals surface area contributed by atoms with Crippen LogP contribution in [0.15, 0.2) is 18.3 Å². The number of methoxy groups -OCH3 is 2. The third-order valence-electron chi connectivity index (χ3n) is 1.89. The maximum absolute atomic E-state index is 11.4. The smallest absolute Gasteiger partial charge is 0.250 e. The number of carbonyl (C=O) groups is 1. The van der Waals surface area contributed by atoms with Gasteiger partial charge in [-0.25, -0.2) is 4.98 Å². The standard InChI is InChI=1S/C11H16N2O4/c1-15-5-6-17-8-10(14)13-9-3-4-11(16-2)12-7-9/h3-4,7H,5-6,8H2,1-2H3,(H,13,14). The van der Waals surface area contributed by atoms with E-state index in [1.54, 1.807) is 19.2 Å². The van der Waals surface area contributed by atoms with Gasteiger partial charge in [-0.05, 0) is 6.07 Å². The van der Waals surface area contributed by atoms with E-state index in [1.165, 1.54) is 13.3 Å². The Morgan fingerprint density at radius 3 is 2.76 bits per heavy atom. The molecule has 1 N–H and O–H groups in total. The van der Waals surface area contributed by atoms with Crippen LogP contribution in [0, 0.1) is 0 Å². The van der Waals surface area contributed by atoms with Gasteiger partial charge in [0.15, 0.2) is 0 Å². The quantitative estimate of drug-likeness (QED) is 0.710. The van der Waals surface area contributed by atoms with Gasteiger partial charge in [0, 0.05) is 13.2 Å². The molecule has 1 heterocycles. The molecule has 1 aromatic heterocycles. The van der Waals surface area contributed by atoms with Gasteiger partial charge < -0.3 is 19.5 Å². The highest BCUT2D eigenvalue weighted by atomic mass is 16.5. The zero-order valence-corrected chi connectivity index (χ0v) is 9.93. The van der Waals surface area contributed by atoms with E-state index in [0.717, 1.165) is 0 Å². The maximum atomic E-state index is 11.4. The number of aromatic nitrogens is 1. The van der Waals surface area contributed by atoms with Crippen LogP contribution in [-0.4, -0.2) is 44.9 Å². The lowest BCUT2D eigenvalue weighted by atomic mass is 10.4. The number of nitrogens with one attached hydrogen (secondary N) is 1. The van der Waals surface area contributed by atoms with Crippen molar-refractivity contribution in [1.29, 1.82) is 0 Å². The van der Waals surface area contributed by atoms with E-state index in [9.17, 15) is 4.79 Å². The van der Waals surface area contributed by atoms with Crippen molar-refractivity contribution in [3.63, 3.8) is 0 Å². The highest BCUT2D eigenvalue weighted by molar-refractivity contribution is 5.91. The summed E-state index contributed by atoms with van der Waals surface area (Å²) in [6, 6.07) is 3.38. The third-order valence-corrected chi connectivity index (χ3v) is 1.89. The van der Waals surface area contributed by atoms with Crippen LogP contribution in [-0.2, 0) is 14.3 Å². The van der Waals surface area contributed by atoms with Crippen LogP contribution in [0.4, 0.5) is 5.69 Å². The number of nitrogens with zero attached hydrogens (tertiary/aromatic N) is 1. The minimum atomic E-state index is -0.229. The highest BCUT2D eigenvalue weighted by Gasteiger charge is 2.02. The summed E-state index contributed by atoms with van der Waals surface area (Å²) in [5, 5.41) is 2.65. The molecule has 0 radical (unpaired) electrons. The van der Waals surface area contributed by atoms with Crippen LogP contribution < -0.4 is 10.1 Å². The first-order chi connectivity index (χ1) is 8.26. The molecule has 6 heteroatoms. The summed E-state index contributed by atoms with van der Waals surface area (Å²) in [4.78, 5) is 15.4. The molecule has 0 spiro atoms. The van der Waals surface area contributed by atoms with Crippen LogP contribution in [0.1, 0.15) is 0 Å². The molecule has 0 aliphatic carbocycles. The zero-order chi connectivity index (χ0) is 12.5. The average molecular weight is 240 g/mol. The first kappa shape index (κ1) is 13.4. The fourth-order valence-corrected chi connectivity index (χ4v) is 1.08. The van der Waals surface area contributed by atoms with Gasteiger partial charge in [-0.15, -0.1) is 0 Å². The van der Waals surface area contributed by atoms with Crippen molar-refractivity contribution in [2.24, 2.45) is 0 Å². The summed E-state index contributed by atoms with van der Waals surface area (Å²) < 4.78 is 14.8. The van der Waals surface area contributed by atoms with Gasteiger partial charge in [0.2, 0.25) is 11.8 Å². The van der Waals surface area contributed by atoms with Gasteiger partial charge in [-0.3, -0.25) is 4.79 Å². The van der Waals surface area contributed by atoms with Crippen molar-refractivity contribution in [3.8, 4) is 5.88 Å². The van der Waals surface area contributed by atoms with Crippen molar-refractivity contribution < 1.29 is 19.0 Å². The van der Waals surface area contributed by atoms with Crippen LogP contribution in [0.25, 0.3) is 0 Å². The molecular weight excluding hydrogens is 224 g/mol. The SMILES string of the molecule is COCCOCC(=O)Nc1ccc(OC)nc1. The van der Waals surface area contributed by atoms with E-state index >= 15 is 0 Å². The number of hydrogen-bond donors (Lipinski definition) is 1. The molecule has 0 unspecified atom stereocenters. The minimum Gasteiger partial charge on any atom is -0.481 e. The van der Waals surface area contributed by atoms with Crippen LogP contribution >= 0.6 is 0 Å². The lowest BCUT2D eigenvalue weighted by Crippen LogP contribution is -2.19. The van der Waals surface area contributed by atoms with Gasteiger partial charge in [-0.1, -0.05) is 0 Å². The number of rotatable bonds is 7. The Balaban J connectivity index is 2.29. The molecule has 0 atom stereocenters. The summed E-state index contributed by atoms with van der Waals surface area (Å²) in [5.41, 5.74) is 0.603. The number of carbonyl (C=O) groups excluding carboxylic acids is 1. The molecule has 1 rings (SSSR count). The molecule has 1 aromatic rings. The normalized spacial score (nSPS) is 10.0. The molecule has 17 heavy (non-hydrogen) atoms. The van der Waals surface area contributed by atoms with Crippen molar-refractivity contribution in [3.05, 3.63) is 18.3 Å². The first-order valence-corrected chi connectivity index (χ1v) is 5.13. The minimum absolute atomic E-state index is 0.00457. The zero-order valence-electron chi connectivity index (χ0n) is 9.93. The van der Waals surface area contributed by atoms with E-state index in [-0.39, 0.29) is 12.5 Å². The number of amides is 1. The van der Waals surface area contributed by atoms with Gasteiger partial charge in [0.1, 0.15) is 6.61 Å². The fourth-order valence-electron chi connectivity index (χ4n) is 1.08. The van der Waals surface area contributed by atoms with Crippen LogP contribution in [0.2, 0.25) is 0 Å². The third kappa shape index (κ3) is 5.28. The predicted octanol–water partition coefficient (Wildman–Crippen LogP) is 0.692. The molecule has 0 saturated carbocycles. The van der Waals surface area contributed by atoms with E-state index in [4.69, 9.17) is 14.2 Å². The molecule has 0 aliphatic heterocycles. The second-order valence-electron chi connectivity index (χ2n) is 3.18. The number of hydrogen-bond acceptors (Lipinski definition) is 5. The Labute approximate surface area is 99.9 Å². The molecule has 0 fully saturated rings.